The van der Waals surface area contributed by atoms with Crippen LogP contribution in [0.2, 0.25) is 0 Å². The first kappa shape index (κ1) is 38.3. The molecule has 5 nitrogen and oxygen atoms in total. The molecule has 0 aromatic heterocycles. The predicted octanol–water partition coefficient (Wildman–Crippen LogP) is 9.66. The fourth-order valence-corrected chi connectivity index (χ4v) is 4.85. The van der Waals surface area contributed by atoms with E-state index >= 15 is 0 Å². The van der Waals surface area contributed by atoms with E-state index < -0.39 is 16.8 Å². The van der Waals surface area contributed by atoms with E-state index in [1.165, 1.54) is 18.2 Å². The predicted molar refractivity (Wildman–Crippen MR) is 187 cm³/mol. The fraction of sp³-hybridized carbons (Fsp3) is 0.244. The van der Waals surface area contributed by atoms with Gasteiger partial charge in [0, 0.05) is 23.2 Å². The van der Waals surface area contributed by atoms with Gasteiger partial charge in [-0.15, -0.1) is 0 Å². The Kier molecular flexibility index (Phi) is 13.2. The van der Waals surface area contributed by atoms with Crippen molar-refractivity contribution in [1.29, 1.82) is 5.26 Å². The van der Waals surface area contributed by atoms with E-state index in [1.54, 1.807) is 92.7 Å². The van der Waals surface area contributed by atoms with Gasteiger partial charge in [0.05, 0.1) is 17.2 Å². The van der Waals surface area contributed by atoms with Crippen LogP contribution in [0.25, 0.3) is 0 Å². The van der Waals surface area contributed by atoms with Crippen molar-refractivity contribution in [1.82, 2.24) is 0 Å². The van der Waals surface area contributed by atoms with Crippen LogP contribution in [0.5, 0.6) is 11.5 Å². The summed E-state index contributed by atoms with van der Waals surface area (Å²) >= 11 is 0. The van der Waals surface area contributed by atoms with Crippen LogP contribution in [-0.2, 0) is 23.3 Å². The zero-order valence-electron chi connectivity index (χ0n) is 28.7. The highest BCUT2D eigenvalue weighted by molar-refractivity contribution is 5.36. The second-order valence-corrected chi connectivity index (χ2v) is 12.7. The molecule has 0 saturated heterocycles. The number of ether oxygens (including phenoxy) is 2. The van der Waals surface area contributed by atoms with Crippen molar-refractivity contribution in [3.05, 3.63) is 167 Å². The number of nitrogens with two attached hydrogens (primary N) is 1. The van der Waals surface area contributed by atoms with Gasteiger partial charge in [-0.2, -0.15) is 5.26 Å². The molecule has 0 aliphatic carbocycles. The molecule has 0 bridgehead atoms. The highest BCUT2D eigenvalue weighted by Crippen LogP contribution is 2.31. The smallest absolute Gasteiger partial charge is 0.131 e. The Hall–Kier alpha value is -5.10. The first-order chi connectivity index (χ1) is 23.1. The Morgan fingerprint density at radius 2 is 0.918 bits per heavy atom. The van der Waals surface area contributed by atoms with Crippen molar-refractivity contribution in [2.24, 2.45) is 5.73 Å². The number of hydrogen-bond donors (Lipinski definition) is 2. The summed E-state index contributed by atoms with van der Waals surface area (Å²) < 4.78 is 52.2. The summed E-state index contributed by atoms with van der Waals surface area (Å²) in [6.45, 7) is 10.9. The summed E-state index contributed by atoms with van der Waals surface area (Å²) in [5, 5.41) is 18.2. The molecule has 0 aliphatic heterocycles. The van der Waals surface area contributed by atoms with Crippen LogP contribution in [0, 0.1) is 28.8 Å². The summed E-state index contributed by atoms with van der Waals surface area (Å²) in [6.07, 6.45) is 0. The minimum Gasteiger partial charge on any atom is -0.483 e. The van der Waals surface area contributed by atoms with Crippen LogP contribution in [0.15, 0.2) is 121 Å². The van der Waals surface area contributed by atoms with Gasteiger partial charge in [-0.3, -0.25) is 0 Å². The Morgan fingerprint density at radius 3 is 1.22 bits per heavy atom. The Labute approximate surface area is 287 Å². The van der Waals surface area contributed by atoms with Crippen molar-refractivity contribution in [3.8, 4) is 17.6 Å². The normalized spacial score (nSPS) is 11.2. The highest BCUT2D eigenvalue weighted by atomic mass is 19.1. The highest BCUT2D eigenvalue weighted by Gasteiger charge is 2.27. The summed E-state index contributed by atoms with van der Waals surface area (Å²) in [6, 6.07) is 35.8. The third-order valence-corrected chi connectivity index (χ3v) is 7.47. The molecule has 5 rings (SSSR count). The van der Waals surface area contributed by atoms with Crippen LogP contribution in [0.4, 0.5) is 13.2 Å². The molecule has 49 heavy (non-hydrogen) atoms. The van der Waals surface area contributed by atoms with Crippen molar-refractivity contribution in [2.75, 3.05) is 0 Å². The number of benzene rings is 5. The number of halogens is 3. The molecular formula is C41H43F3N2O3. The zero-order chi connectivity index (χ0) is 36.2. The van der Waals surface area contributed by atoms with Crippen LogP contribution < -0.4 is 15.2 Å². The second-order valence-electron chi connectivity index (χ2n) is 12.7. The molecule has 5 aromatic carbocycles. The third kappa shape index (κ3) is 11.2. The van der Waals surface area contributed by atoms with E-state index in [9.17, 15) is 18.3 Å². The maximum absolute atomic E-state index is 13.8. The monoisotopic (exact) mass is 668 g/mol. The topological polar surface area (TPSA) is 88.5 Å². The van der Waals surface area contributed by atoms with Gasteiger partial charge in [0.25, 0.3) is 0 Å². The lowest BCUT2D eigenvalue weighted by molar-refractivity contribution is 0.0745. The van der Waals surface area contributed by atoms with E-state index in [1.807, 2.05) is 58.0 Å². The van der Waals surface area contributed by atoms with Crippen LogP contribution in [0.3, 0.4) is 0 Å². The SMILES string of the molecule is CC(C)(O)c1ccccc1F.CC(C)(Oc1ccc(C#N)cc1)c1ccccc1F.CC(C)(Oc1ccc(CN)cc1)c1ccccc1F. The summed E-state index contributed by atoms with van der Waals surface area (Å²) in [7, 11) is 0. The molecular weight excluding hydrogens is 625 g/mol. The molecule has 0 amide bonds. The van der Waals surface area contributed by atoms with Gasteiger partial charge in [0.1, 0.15) is 40.2 Å². The van der Waals surface area contributed by atoms with E-state index in [2.05, 4.69) is 0 Å². The summed E-state index contributed by atoms with van der Waals surface area (Å²) in [4.78, 5) is 0. The van der Waals surface area contributed by atoms with Crippen molar-refractivity contribution < 1.29 is 27.8 Å². The van der Waals surface area contributed by atoms with Gasteiger partial charge in [-0.1, -0.05) is 66.7 Å². The summed E-state index contributed by atoms with van der Waals surface area (Å²) in [5.74, 6) is 0.393. The molecule has 5 aromatic rings. The van der Waals surface area contributed by atoms with Crippen molar-refractivity contribution in [3.63, 3.8) is 0 Å². The van der Waals surface area contributed by atoms with Crippen LogP contribution in [0.1, 0.15) is 69.4 Å². The first-order valence-corrected chi connectivity index (χ1v) is 15.7. The average Bonchev–Trinajstić information content (AvgIpc) is 3.06. The number of rotatable bonds is 8. The largest absolute Gasteiger partial charge is 0.483 e. The average molecular weight is 669 g/mol. The fourth-order valence-electron chi connectivity index (χ4n) is 4.85. The molecule has 8 heteroatoms. The van der Waals surface area contributed by atoms with Gasteiger partial charge in [-0.05, 0) is 102 Å². The maximum Gasteiger partial charge on any atom is 0.131 e. The minimum atomic E-state index is -1.09. The number of nitrogens with zero attached hydrogens (tertiary/aromatic N) is 1. The maximum atomic E-state index is 13.8. The van der Waals surface area contributed by atoms with Crippen LogP contribution in [-0.4, -0.2) is 5.11 Å². The van der Waals surface area contributed by atoms with E-state index in [4.69, 9.17) is 20.5 Å². The Morgan fingerprint density at radius 1 is 0.571 bits per heavy atom. The van der Waals surface area contributed by atoms with Gasteiger partial charge < -0.3 is 20.3 Å². The third-order valence-electron chi connectivity index (χ3n) is 7.47. The molecule has 0 unspecified atom stereocenters. The Balaban J connectivity index is 0.000000207. The second kappa shape index (κ2) is 16.8. The molecule has 3 N–H and O–H groups in total. The summed E-state index contributed by atoms with van der Waals surface area (Å²) in [5.41, 5.74) is 5.93. The quantitative estimate of drug-likeness (QED) is 0.172. The van der Waals surface area contributed by atoms with E-state index in [0.717, 1.165) is 5.56 Å². The number of hydrogen-bond acceptors (Lipinski definition) is 5. The van der Waals surface area contributed by atoms with Gasteiger partial charge in [-0.25, -0.2) is 13.2 Å². The lowest BCUT2D eigenvalue weighted by Crippen LogP contribution is -2.26. The number of nitriles is 1. The standard InChI is InChI=1S/C16H18FNO.C16H14FNO.C9H11FO/c2*1-16(2,14-5-3-4-6-15(14)17)19-13-9-7-12(11-18)8-10-13;1-9(2,11)7-5-3-4-6-8(7)10/h3-10H,11,18H2,1-2H3;3-10H,1-2H3;3-6,11H,1-2H3. The molecule has 0 fully saturated rings. The van der Waals surface area contributed by atoms with E-state index in [-0.39, 0.29) is 17.5 Å². The van der Waals surface area contributed by atoms with E-state index in [0.29, 0.717) is 40.3 Å². The first-order valence-electron chi connectivity index (χ1n) is 15.7. The molecule has 0 spiro atoms. The molecule has 0 saturated carbocycles. The molecule has 0 heterocycles. The molecule has 256 valence electrons. The minimum absolute atomic E-state index is 0.258. The van der Waals surface area contributed by atoms with Gasteiger partial charge in [0.2, 0.25) is 0 Å². The van der Waals surface area contributed by atoms with Crippen molar-refractivity contribution in [2.45, 2.75) is 64.9 Å². The number of aliphatic hydroxyl groups is 1. The zero-order valence-corrected chi connectivity index (χ0v) is 28.7. The van der Waals surface area contributed by atoms with Crippen LogP contribution >= 0.6 is 0 Å². The lowest BCUT2D eigenvalue weighted by atomic mass is 9.97. The van der Waals surface area contributed by atoms with Crippen molar-refractivity contribution >= 4 is 0 Å². The molecule has 0 aliphatic rings. The Bertz CT molecular complexity index is 1830. The molecule has 0 radical (unpaired) electrons. The lowest BCUT2D eigenvalue weighted by Gasteiger charge is -2.27. The van der Waals surface area contributed by atoms with Gasteiger partial charge in [0.15, 0.2) is 0 Å². The van der Waals surface area contributed by atoms with Gasteiger partial charge >= 0.3 is 0 Å². The molecule has 0 atom stereocenters.